The Balaban J connectivity index is 2.77. The van der Waals surface area contributed by atoms with Gasteiger partial charge in [-0.25, -0.2) is 0 Å². The second kappa shape index (κ2) is 5.50. The third kappa shape index (κ3) is 4.01. The normalized spacial score (nSPS) is 15.4. The molecule has 1 N–H and O–H groups in total. The highest BCUT2D eigenvalue weighted by atomic mass is 14.9. The molecule has 0 heterocycles. The van der Waals surface area contributed by atoms with Gasteiger partial charge in [-0.05, 0) is 30.4 Å². The van der Waals surface area contributed by atoms with Crippen molar-refractivity contribution in [2.75, 3.05) is 0 Å². The topological polar surface area (TPSA) is 12.0 Å². The van der Waals surface area contributed by atoms with Gasteiger partial charge in [-0.2, -0.15) is 0 Å². The van der Waals surface area contributed by atoms with Crippen molar-refractivity contribution in [3.63, 3.8) is 0 Å². The molecule has 1 aromatic carbocycles. The van der Waals surface area contributed by atoms with Crippen molar-refractivity contribution in [2.45, 2.75) is 52.1 Å². The summed E-state index contributed by atoms with van der Waals surface area (Å²) in [4.78, 5) is 0. The number of nitrogens with one attached hydrogen (secondary N) is 1. The quantitative estimate of drug-likeness (QED) is 0.765. The van der Waals surface area contributed by atoms with Gasteiger partial charge in [-0.3, -0.25) is 0 Å². The van der Waals surface area contributed by atoms with E-state index in [1.54, 1.807) is 0 Å². The van der Waals surface area contributed by atoms with E-state index in [0.717, 1.165) is 0 Å². The fourth-order valence-electron chi connectivity index (χ4n) is 1.83. The van der Waals surface area contributed by atoms with Crippen LogP contribution in [0.5, 0.6) is 0 Å². The minimum Gasteiger partial charge on any atom is -0.304 e. The van der Waals surface area contributed by atoms with Crippen LogP contribution in [0.3, 0.4) is 0 Å². The van der Waals surface area contributed by atoms with Gasteiger partial charge in [-0.15, -0.1) is 6.58 Å². The molecule has 0 aliphatic rings. The Kier molecular flexibility index (Phi) is 4.53. The summed E-state index contributed by atoms with van der Waals surface area (Å²) in [6, 6.07) is 9.59. The molecule has 1 rings (SSSR count). The van der Waals surface area contributed by atoms with Crippen LogP contribution < -0.4 is 5.32 Å². The number of benzene rings is 1. The molecule has 0 spiro atoms. The highest BCUT2D eigenvalue weighted by molar-refractivity contribution is 5.29. The van der Waals surface area contributed by atoms with Crippen LogP contribution in [0, 0.1) is 0 Å². The zero-order valence-electron chi connectivity index (χ0n) is 11.7. The zero-order valence-corrected chi connectivity index (χ0v) is 11.7. The molecule has 94 valence electrons. The van der Waals surface area contributed by atoms with Crippen LogP contribution in [0.1, 0.15) is 51.8 Å². The van der Waals surface area contributed by atoms with E-state index in [-0.39, 0.29) is 5.41 Å². The number of hydrogen-bond donors (Lipinski definition) is 1. The van der Waals surface area contributed by atoms with E-state index in [9.17, 15) is 0 Å². The van der Waals surface area contributed by atoms with Crippen molar-refractivity contribution >= 4 is 0 Å². The van der Waals surface area contributed by atoms with E-state index < -0.39 is 0 Å². The van der Waals surface area contributed by atoms with Crippen LogP contribution >= 0.6 is 0 Å². The van der Waals surface area contributed by atoms with Crippen LogP contribution in [-0.4, -0.2) is 6.04 Å². The summed E-state index contributed by atoms with van der Waals surface area (Å²) in [5, 5.41) is 3.49. The minimum atomic E-state index is 0.226. The summed E-state index contributed by atoms with van der Waals surface area (Å²) in [5.74, 6) is 0. The van der Waals surface area contributed by atoms with E-state index in [1.165, 1.54) is 11.1 Å². The molecular weight excluding hydrogens is 206 g/mol. The van der Waals surface area contributed by atoms with Gasteiger partial charge < -0.3 is 5.32 Å². The summed E-state index contributed by atoms with van der Waals surface area (Å²) in [6.45, 7) is 14.8. The first-order valence-electron chi connectivity index (χ1n) is 6.33. The second-order valence-corrected chi connectivity index (χ2v) is 5.78. The first-order chi connectivity index (χ1) is 7.84. The minimum absolute atomic E-state index is 0.226. The predicted octanol–water partition coefficient (Wildman–Crippen LogP) is 4.21. The van der Waals surface area contributed by atoms with Gasteiger partial charge in [0.05, 0.1) is 0 Å². The number of hydrogen-bond acceptors (Lipinski definition) is 1. The van der Waals surface area contributed by atoms with Crippen molar-refractivity contribution in [2.24, 2.45) is 0 Å². The van der Waals surface area contributed by atoms with E-state index in [1.807, 2.05) is 6.08 Å². The van der Waals surface area contributed by atoms with Gasteiger partial charge in [0.1, 0.15) is 0 Å². The monoisotopic (exact) mass is 231 g/mol. The summed E-state index contributed by atoms with van der Waals surface area (Å²) in [5.41, 5.74) is 2.93. The average Bonchev–Trinajstić information content (AvgIpc) is 2.27. The van der Waals surface area contributed by atoms with E-state index in [4.69, 9.17) is 0 Å². The Morgan fingerprint density at radius 1 is 1.12 bits per heavy atom. The maximum Gasteiger partial charge on any atom is 0.0297 e. The molecule has 0 aromatic heterocycles. The largest absolute Gasteiger partial charge is 0.304 e. The molecule has 0 aliphatic carbocycles. The maximum atomic E-state index is 3.79. The first-order valence-corrected chi connectivity index (χ1v) is 6.33. The second-order valence-electron chi connectivity index (χ2n) is 5.78. The van der Waals surface area contributed by atoms with Crippen molar-refractivity contribution < 1.29 is 0 Å². The SMILES string of the molecule is C=CC(C)NC(C)c1ccc(C(C)(C)C)cc1. The molecule has 0 aliphatic heterocycles. The van der Waals surface area contributed by atoms with Crippen LogP contribution in [-0.2, 0) is 5.41 Å². The Morgan fingerprint density at radius 2 is 1.65 bits per heavy atom. The standard InChI is InChI=1S/C16H25N/c1-7-12(2)17-13(3)14-8-10-15(11-9-14)16(4,5)6/h7-13,17H,1H2,2-6H3. The van der Waals surface area contributed by atoms with Crippen LogP contribution in [0.4, 0.5) is 0 Å². The summed E-state index contributed by atoms with van der Waals surface area (Å²) in [7, 11) is 0. The molecule has 0 bridgehead atoms. The highest BCUT2D eigenvalue weighted by Gasteiger charge is 2.14. The predicted molar refractivity (Wildman–Crippen MR) is 76.4 cm³/mol. The molecule has 0 saturated carbocycles. The van der Waals surface area contributed by atoms with Crippen LogP contribution in [0.15, 0.2) is 36.9 Å². The van der Waals surface area contributed by atoms with Crippen molar-refractivity contribution in [3.8, 4) is 0 Å². The summed E-state index contributed by atoms with van der Waals surface area (Å²) >= 11 is 0. The molecule has 1 aromatic rings. The lowest BCUT2D eigenvalue weighted by Gasteiger charge is -2.21. The third-order valence-corrected chi connectivity index (χ3v) is 3.14. The Labute approximate surface area is 106 Å². The van der Waals surface area contributed by atoms with Gasteiger partial charge in [-0.1, -0.05) is 51.1 Å². The van der Waals surface area contributed by atoms with Gasteiger partial charge in [0.25, 0.3) is 0 Å². The molecular formula is C16H25N. The smallest absolute Gasteiger partial charge is 0.0297 e. The Morgan fingerprint density at radius 3 is 2.06 bits per heavy atom. The van der Waals surface area contributed by atoms with Gasteiger partial charge in [0.2, 0.25) is 0 Å². The lowest BCUT2D eigenvalue weighted by atomic mass is 9.86. The van der Waals surface area contributed by atoms with E-state index >= 15 is 0 Å². The van der Waals surface area contributed by atoms with E-state index in [0.29, 0.717) is 12.1 Å². The van der Waals surface area contributed by atoms with Crippen molar-refractivity contribution in [1.82, 2.24) is 5.32 Å². The highest BCUT2D eigenvalue weighted by Crippen LogP contribution is 2.23. The molecule has 1 heteroatoms. The van der Waals surface area contributed by atoms with Gasteiger partial charge in [0, 0.05) is 12.1 Å². The fourth-order valence-corrected chi connectivity index (χ4v) is 1.83. The van der Waals surface area contributed by atoms with Crippen molar-refractivity contribution in [3.05, 3.63) is 48.0 Å². The molecule has 0 saturated heterocycles. The lowest BCUT2D eigenvalue weighted by Crippen LogP contribution is -2.27. The molecule has 0 radical (unpaired) electrons. The molecule has 1 nitrogen and oxygen atoms in total. The third-order valence-electron chi connectivity index (χ3n) is 3.14. The Bertz CT molecular complexity index is 356. The van der Waals surface area contributed by atoms with E-state index in [2.05, 4.69) is 70.8 Å². The molecule has 0 fully saturated rings. The lowest BCUT2D eigenvalue weighted by molar-refractivity contribution is 0.535. The molecule has 2 atom stereocenters. The van der Waals surface area contributed by atoms with Gasteiger partial charge in [0.15, 0.2) is 0 Å². The van der Waals surface area contributed by atoms with Crippen LogP contribution in [0.2, 0.25) is 0 Å². The molecule has 2 unspecified atom stereocenters. The van der Waals surface area contributed by atoms with Gasteiger partial charge >= 0.3 is 0 Å². The summed E-state index contributed by atoms with van der Waals surface area (Å²) < 4.78 is 0. The van der Waals surface area contributed by atoms with Crippen molar-refractivity contribution in [1.29, 1.82) is 0 Å². The average molecular weight is 231 g/mol. The fraction of sp³-hybridized carbons (Fsp3) is 0.500. The zero-order chi connectivity index (χ0) is 13.1. The summed E-state index contributed by atoms with van der Waals surface area (Å²) in [6.07, 6.45) is 1.93. The first kappa shape index (κ1) is 14.0. The number of rotatable bonds is 4. The Hall–Kier alpha value is -1.08. The maximum absolute atomic E-state index is 3.79. The molecule has 0 amide bonds. The van der Waals surface area contributed by atoms with Crippen LogP contribution in [0.25, 0.3) is 0 Å². The molecule has 17 heavy (non-hydrogen) atoms.